The number of halogens is 6. The minimum absolute atomic E-state index is 0.00820. The van der Waals surface area contributed by atoms with E-state index in [1.807, 2.05) is 0 Å². The summed E-state index contributed by atoms with van der Waals surface area (Å²) in [5, 5.41) is 5.42. The predicted molar refractivity (Wildman–Crippen MR) is 222 cm³/mol. The number of ether oxygens (including phenoxy) is 1. The van der Waals surface area contributed by atoms with Crippen molar-refractivity contribution in [3.8, 4) is 17.3 Å². The molecule has 3 aromatic carbocycles. The van der Waals surface area contributed by atoms with Gasteiger partial charge in [-0.15, -0.1) is 6.58 Å². The maximum absolute atomic E-state index is 14.9. The van der Waals surface area contributed by atoms with Crippen LogP contribution >= 0.6 is 0 Å². The number of amides is 3. The second-order valence-electron chi connectivity index (χ2n) is 17.4. The molecule has 2 aliphatic carbocycles. The Labute approximate surface area is 362 Å². The molecule has 0 unspecified atom stereocenters. The second-order valence-corrected chi connectivity index (χ2v) is 19.4. The summed E-state index contributed by atoms with van der Waals surface area (Å²) in [6.07, 6.45) is -8.44. The average molecular weight is 913 g/mol. The van der Waals surface area contributed by atoms with Crippen LogP contribution in [0.15, 0.2) is 89.9 Å². The molecule has 0 spiro atoms. The van der Waals surface area contributed by atoms with E-state index in [1.165, 1.54) is 35.2 Å². The highest BCUT2D eigenvalue weighted by Crippen LogP contribution is 2.46. The molecule has 13 nitrogen and oxygen atoms in total. The van der Waals surface area contributed by atoms with Crippen LogP contribution in [0.1, 0.15) is 57.6 Å². The van der Waals surface area contributed by atoms with Gasteiger partial charge in [0.05, 0.1) is 22.9 Å². The van der Waals surface area contributed by atoms with Crippen molar-refractivity contribution in [2.24, 2.45) is 11.3 Å². The Morgan fingerprint density at radius 1 is 0.938 bits per heavy atom. The highest BCUT2D eigenvalue weighted by Gasteiger charge is 2.62. The maximum atomic E-state index is 14.9. The van der Waals surface area contributed by atoms with Crippen LogP contribution in [0.3, 0.4) is 0 Å². The zero-order chi connectivity index (χ0) is 46.1. The van der Waals surface area contributed by atoms with Crippen LogP contribution in [0.4, 0.5) is 32.0 Å². The van der Waals surface area contributed by atoms with E-state index in [2.05, 4.69) is 31.9 Å². The van der Waals surface area contributed by atoms with Gasteiger partial charge in [0.2, 0.25) is 27.4 Å². The van der Waals surface area contributed by atoms with Crippen LogP contribution in [0.2, 0.25) is 0 Å². The van der Waals surface area contributed by atoms with Crippen LogP contribution in [0.5, 0.6) is 5.88 Å². The summed E-state index contributed by atoms with van der Waals surface area (Å²) in [6.45, 7) is 8.45. The molecule has 8 rings (SSSR count). The van der Waals surface area contributed by atoms with E-state index >= 15 is 0 Å². The number of fused-ring (bicyclic) bond motifs is 3. The highest BCUT2D eigenvalue weighted by molar-refractivity contribution is 7.91. The van der Waals surface area contributed by atoms with E-state index < -0.39 is 91.5 Å². The standard InChI is InChI=1S/C44H42F6N6O7S/c1-5-24-21-42(24,40(59)55-64(60,61)29-17-18-29)54-37(57)31-20-28(22-56(31)39(58)35(41(2,3)4)51-27-10-8-9-26(19-27)44(48,49)50)62-38-34-33(30-11-6-7-12-32(30)63-34)52-36(53-38)23-13-15-25(16-14-23)43(45,46)47/h5-16,19,24,28-29,31,35,51H,1,17-18,20-22H2,2-4H3,(H,54,57)(H,55,59)/t24-,28-,31+,35-,42-/m1/s1. The predicted octanol–water partition coefficient (Wildman–Crippen LogP) is 7.63. The summed E-state index contributed by atoms with van der Waals surface area (Å²) in [4.78, 5) is 53.4. The van der Waals surface area contributed by atoms with Gasteiger partial charge in [0.25, 0.3) is 11.8 Å². The fourth-order valence-electron chi connectivity index (χ4n) is 7.90. The Hall–Kier alpha value is -6.18. The number of likely N-dealkylation sites (tertiary alicyclic amines) is 1. The monoisotopic (exact) mass is 912 g/mol. The molecule has 3 heterocycles. The smallest absolute Gasteiger partial charge is 0.416 e. The first-order valence-electron chi connectivity index (χ1n) is 20.3. The van der Waals surface area contributed by atoms with Gasteiger partial charge in [0, 0.05) is 29.0 Å². The second kappa shape index (κ2) is 15.8. The zero-order valence-electron chi connectivity index (χ0n) is 34.5. The lowest BCUT2D eigenvalue weighted by atomic mass is 9.85. The van der Waals surface area contributed by atoms with Gasteiger partial charge in [-0.3, -0.25) is 19.1 Å². The molecule has 64 heavy (non-hydrogen) atoms. The lowest BCUT2D eigenvalue weighted by Crippen LogP contribution is -2.58. The van der Waals surface area contributed by atoms with Crippen molar-refractivity contribution in [1.29, 1.82) is 0 Å². The first-order chi connectivity index (χ1) is 30.0. The first-order valence-corrected chi connectivity index (χ1v) is 21.8. The van der Waals surface area contributed by atoms with E-state index in [0.29, 0.717) is 23.8 Å². The summed E-state index contributed by atoms with van der Waals surface area (Å²) < 4.78 is 122. The lowest BCUT2D eigenvalue weighted by molar-refractivity contribution is -0.141. The molecule has 338 valence electrons. The number of sulfonamides is 1. The topological polar surface area (TPSA) is 173 Å². The Bertz CT molecular complexity index is 2790. The quantitative estimate of drug-likeness (QED) is 0.0835. The molecule has 1 saturated heterocycles. The molecule has 0 radical (unpaired) electrons. The van der Waals surface area contributed by atoms with Crippen molar-refractivity contribution in [1.82, 2.24) is 24.9 Å². The van der Waals surface area contributed by atoms with Crippen molar-refractivity contribution < 1.29 is 58.3 Å². The summed E-state index contributed by atoms with van der Waals surface area (Å²) in [5.41, 5.74) is -3.71. The van der Waals surface area contributed by atoms with Crippen LogP contribution in [-0.2, 0) is 36.8 Å². The van der Waals surface area contributed by atoms with Gasteiger partial charge in [-0.2, -0.15) is 31.3 Å². The number of carbonyl (C=O) groups excluding carboxylic acids is 3. The van der Waals surface area contributed by atoms with E-state index in [0.717, 1.165) is 24.3 Å². The number of carbonyl (C=O) groups is 3. The van der Waals surface area contributed by atoms with E-state index in [-0.39, 0.29) is 53.4 Å². The normalized spacial score (nSPS) is 22.0. The molecule has 2 saturated carbocycles. The molecule has 3 amide bonds. The maximum Gasteiger partial charge on any atom is 0.416 e. The van der Waals surface area contributed by atoms with Crippen LogP contribution in [-0.4, -0.2) is 76.5 Å². The lowest BCUT2D eigenvalue weighted by Gasteiger charge is -2.36. The third-order valence-corrected chi connectivity index (χ3v) is 13.5. The largest absolute Gasteiger partial charge is 0.470 e. The van der Waals surface area contributed by atoms with E-state index in [1.54, 1.807) is 45.0 Å². The number of nitrogens with zero attached hydrogens (tertiary/aromatic N) is 3. The summed E-state index contributed by atoms with van der Waals surface area (Å²) in [7, 11) is -4.03. The fourth-order valence-corrected chi connectivity index (χ4v) is 9.27. The Morgan fingerprint density at radius 3 is 2.25 bits per heavy atom. The summed E-state index contributed by atoms with van der Waals surface area (Å²) >= 11 is 0. The molecule has 3 fully saturated rings. The third kappa shape index (κ3) is 8.70. The summed E-state index contributed by atoms with van der Waals surface area (Å²) in [6, 6.07) is 12.6. The molecule has 0 bridgehead atoms. The van der Waals surface area contributed by atoms with Gasteiger partial charge in [0.15, 0.2) is 5.82 Å². The van der Waals surface area contributed by atoms with Gasteiger partial charge in [-0.05, 0) is 67.1 Å². The Morgan fingerprint density at radius 2 is 1.62 bits per heavy atom. The number of furan rings is 1. The molecule has 20 heteroatoms. The van der Waals surface area contributed by atoms with Crippen LogP contribution < -0.4 is 20.1 Å². The number of benzene rings is 3. The third-order valence-electron chi connectivity index (χ3n) is 11.6. The van der Waals surface area contributed by atoms with Gasteiger partial charge in [-0.1, -0.05) is 57.2 Å². The minimum atomic E-state index is -4.69. The van der Waals surface area contributed by atoms with Crippen molar-refractivity contribution in [3.05, 3.63) is 96.6 Å². The van der Waals surface area contributed by atoms with Gasteiger partial charge < -0.3 is 24.7 Å². The van der Waals surface area contributed by atoms with Crippen molar-refractivity contribution in [2.45, 2.75) is 87.8 Å². The Balaban J connectivity index is 1.16. The number of aromatic nitrogens is 2. The Kier molecular flexibility index (Phi) is 11.0. The van der Waals surface area contributed by atoms with Crippen LogP contribution in [0, 0.1) is 11.3 Å². The number of para-hydroxylation sites is 1. The van der Waals surface area contributed by atoms with Gasteiger partial charge in [-0.25, -0.2) is 13.4 Å². The molecular weight excluding hydrogens is 871 g/mol. The number of alkyl halides is 6. The average Bonchev–Trinajstić information content (AvgIpc) is 4.14. The summed E-state index contributed by atoms with van der Waals surface area (Å²) in [5.74, 6) is -3.40. The molecular formula is C44H42F6N6O7S. The van der Waals surface area contributed by atoms with E-state index in [9.17, 15) is 49.1 Å². The van der Waals surface area contributed by atoms with Crippen molar-refractivity contribution in [2.75, 3.05) is 11.9 Å². The number of hydrogen-bond donors (Lipinski definition) is 3. The number of hydrogen-bond acceptors (Lipinski definition) is 10. The molecule has 3 aliphatic rings. The number of anilines is 1. The zero-order valence-corrected chi connectivity index (χ0v) is 35.3. The molecule has 1 aliphatic heterocycles. The van der Waals surface area contributed by atoms with Crippen molar-refractivity contribution >= 4 is 55.5 Å². The van der Waals surface area contributed by atoms with Gasteiger partial charge in [0.1, 0.15) is 34.8 Å². The van der Waals surface area contributed by atoms with E-state index in [4.69, 9.17) is 9.15 Å². The van der Waals surface area contributed by atoms with Crippen molar-refractivity contribution in [3.63, 3.8) is 0 Å². The first kappa shape index (κ1) is 44.4. The SMILES string of the molecule is C=C[C@@H]1C[C@]1(NC(=O)[C@@H]1C[C@@H](Oc2nc(-c3ccc(C(F)(F)F)cc3)nc3c2oc2ccccc23)CN1C(=O)[C@@H](Nc1cccc(C(F)(F)F)c1)C(C)(C)C)C(=O)NS(=O)(=O)C1CC1. The molecule has 2 aromatic heterocycles. The highest BCUT2D eigenvalue weighted by atomic mass is 32.2. The number of rotatable bonds is 12. The fraction of sp³-hybridized carbons (Fsp3) is 0.386. The van der Waals surface area contributed by atoms with Gasteiger partial charge >= 0.3 is 12.4 Å². The minimum Gasteiger partial charge on any atom is -0.470 e. The molecule has 3 N–H and O–H groups in total. The van der Waals surface area contributed by atoms with Crippen LogP contribution in [0.25, 0.3) is 33.5 Å². The number of nitrogens with one attached hydrogen (secondary N) is 3. The molecule has 5 aromatic rings. The molecule has 5 atom stereocenters.